The molecular weight excluding hydrogens is 435 g/mol. The van der Waals surface area contributed by atoms with E-state index in [1.165, 1.54) is 12.1 Å². The van der Waals surface area contributed by atoms with Crippen LogP contribution in [0.3, 0.4) is 0 Å². The van der Waals surface area contributed by atoms with E-state index in [1.54, 1.807) is 23.5 Å². The fourth-order valence-electron chi connectivity index (χ4n) is 4.30. The van der Waals surface area contributed by atoms with Crippen LogP contribution >= 0.6 is 11.3 Å². The number of fused-ring (bicyclic) bond motifs is 1. The van der Waals surface area contributed by atoms with Gasteiger partial charge in [0.15, 0.2) is 0 Å². The fraction of sp³-hybridized carbons (Fsp3) is 0.259. The van der Waals surface area contributed by atoms with Crippen molar-refractivity contribution in [2.24, 2.45) is 0 Å². The predicted octanol–water partition coefficient (Wildman–Crippen LogP) is 6.23. The van der Waals surface area contributed by atoms with Crippen molar-refractivity contribution >= 4 is 28.1 Å². The highest BCUT2D eigenvalue weighted by molar-refractivity contribution is 7.13. The number of ether oxygens (including phenoxy) is 1. The smallest absolute Gasteiger partial charge is 0.254 e. The summed E-state index contributed by atoms with van der Waals surface area (Å²) in [7, 11) is 0. The van der Waals surface area contributed by atoms with Gasteiger partial charge in [-0.05, 0) is 78.7 Å². The molecule has 1 aliphatic heterocycles. The van der Waals surface area contributed by atoms with Crippen molar-refractivity contribution in [1.82, 2.24) is 9.88 Å². The average Bonchev–Trinajstić information content (AvgIpc) is 3.53. The third-order valence-electron chi connectivity index (χ3n) is 5.99. The van der Waals surface area contributed by atoms with Gasteiger partial charge in [-0.15, -0.1) is 11.3 Å². The van der Waals surface area contributed by atoms with Crippen LogP contribution in [0.4, 0.5) is 4.39 Å². The molecule has 2 aromatic carbocycles. The van der Waals surface area contributed by atoms with Crippen molar-refractivity contribution in [3.63, 3.8) is 0 Å². The molecule has 1 amide bonds. The molecule has 0 radical (unpaired) electrons. The number of halogens is 1. The zero-order chi connectivity index (χ0) is 22.8. The van der Waals surface area contributed by atoms with Gasteiger partial charge < -0.3 is 9.64 Å². The molecule has 0 spiro atoms. The Kier molecular flexibility index (Phi) is 6.20. The number of carbonyl (C=O) groups is 1. The van der Waals surface area contributed by atoms with Gasteiger partial charge in [-0.3, -0.25) is 4.79 Å². The second kappa shape index (κ2) is 9.41. The highest BCUT2D eigenvalue weighted by Crippen LogP contribution is 2.31. The molecule has 1 atom stereocenters. The standard InChI is InChI=1S/C27H25FN2O2S/c1-18-6-7-20-15-21(26(29-24(20)14-18)25-5-3-13-33-25)16-30(17-23-4-2-12-32-23)27(31)19-8-10-22(28)11-9-19/h3,5-11,13-15,23H,2,4,12,16-17H2,1H3. The van der Waals surface area contributed by atoms with Crippen LogP contribution in [0.5, 0.6) is 0 Å². The van der Waals surface area contributed by atoms with Gasteiger partial charge >= 0.3 is 0 Å². The molecule has 5 rings (SSSR count). The number of hydrogen-bond acceptors (Lipinski definition) is 4. The SMILES string of the molecule is Cc1ccc2cc(CN(CC3CCCO3)C(=O)c3ccc(F)cc3)c(-c3cccs3)nc2c1. The lowest BCUT2D eigenvalue weighted by molar-refractivity contribution is 0.0507. The molecule has 4 aromatic rings. The highest BCUT2D eigenvalue weighted by atomic mass is 32.1. The molecule has 33 heavy (non-hydrogen) atoms. The molecule has 0 N–H and O–H groups in total. The molecular formula is C27H25FN2O2S. The number of amides is 1. The van der Waals surface area contributed by atoms with Gasteiger partial charge in [0.1, 0.15) is 5.82 Å². The largest absolute Gasteiger partial charge is 0.376 e. The van der Waals surface area contributed by atoms with Gasteiger partial charge in [0.25, 0.3) is 5.91 Å². The van der Waals surface area contributed by atoms with Crippen LogP contribution < -0.4 is 0 Å². The zero-order valence-electron chi connectivity index (χ0n) is 18.5. The highest BCUT2D eigenvalue weighted by Gasteiger charge is 2.25. The Morgan fingerprint density at radius 1 is 1.18 bits per heavy atom. The van der Waals surface area contributed by atoms with Gasteiger partial charge in [-0.2, -0.15) is 0 Å². The molecule has 0 saturated carbocycles. The summed E-state index contributed by atoms with van der Waals surface area (Å²) in [5.74, 6) is -0.488. The van der Waals surface area contributed by atoms with Gasteiger partial charge in [-0.25, -0.2) is 9.37 Å². The van der Waals surface area contributed by atoms with Crippen molar-refractivity contribution in [2.75, 3.05) is 13.2 Å². The molecule has 4 nitrogen and oxygen atoms in total. The molecule has 6 heteroatoms. The predicted molar refractivity (Wildman–Crippen MR) is 130 cm³/mol. The van der Waals surface area contributed by atoms with Gasteiger partial charge in [0.2, 0.25) is 0 Å². The number of benzene rings is 2. The van der Waals surface area contributed by atoms with Crippen LogP contribution in [-0.2, 0) is 11.3 Å². The van der Waals surface area contributed by atoms with Crippen molar-refractivity contribution in [3.05, 3.63) is 88.6 Å². The molecule has 0 aliphatic carbocycles. The normalized spacial score (nSPS) is 15.8. The summed E-state index contributed by atoms with van der Waals surface area (Å²) in [6.07, 6.45) is 1.94. The monoisotopic (exact) mass is 460 g/mol. The van der Waals surface area contributed by atoms with E-state index in [9.17, 15) is 9.18 Å². The molecule has 168 valence electrons. The lowest BCUT2D eigenvalue weighted by atomic mass is 10.0. The first-order valence-corrected chi connectivity index (χ1v) is 12.1. The van der Waals surface area contributed by atoms with E-state index in [4.69, 9.17) is 9.72 Å². The van der Waals surface area contributed by atoms with Crippen molar-refractivity contribution in [1.29, 1.82) is 0 Å². The van der Waals surface area contributed by atoms with Crippen molar-refractivity contribution in [2.45, 2.75) is 32.4 Å². The number of nitrogens with zero attached hydrogens (tertiary/aromatic N) is 2. The number of hydrogen-bond donors (Lipinski definition) is 0. The number of aromatic nitrogens is 1. The van der Waals surface area contributed by atoms with Gasteiger partial charge in [0, 0.05) is 30.6 Å². The molecule has 0 bridgehead atoms. The summed E-state index contributed by atoms with van der Waals surface area (Å²) < 4.78 is 19.3. The van der Waals surface area contributed by atoms with E-state index in [2.05, 4.69) is 37.3 Å². The fourth-order valence-corrected chi connectivity index (χ4v) is 5.05. The van der Waals surface area contributed by atoms with E-state index in [0.29, 0.717) is 18.7 Å². The van der Waals surface area contributed by atoms with E-state index in [1.807, 2.05) is 16.3 Å². The first-order chi connectivity index (χ1) is 16.1. The van der Waals surface area contributed by atoms with E-state index >= 15 is 0 Å². The van der Waals surface area contributed by atoms with Crippen molar-refractivity contribution < 1.29 is 13.9 Å². The molecule has 3 heterocycles. The van der Waals surface area contributed by atoms with Gasteiger partial charge in [-0.1, -0.05) is 18.2 Å². The molecule has 1 aliphatic rings. The number of thiophene rings is 1. The van der Waals surface area contributed by atoms with Gasteiger partial charge in [0.05, 0.1) is 22.2 Å². The Morgan fingerprint density at radius 3 is 2.76 bits per heavy atom. The summed E-state index contributed by atoms with van der Waals surface area (Å²) in [5, 5.41) is 3.08. The summed E-state index contributed by atoms with van der Waals surface area (Å²) in [4.78, 5) is 21.4. The van der Waals surface area contributed by atoms with Crippen LogP contribution in [0, 0.1) is 12.7 Å². The van der Waals surface area contributed by atoms with E-state index < -0.39 is 0 Å². The third kappa shape index (κ3) is 4.82. The Balaban J connectivity index is 1.55. The summed E-state index contributed by atoms with van der Waals surface area (Å²) >= 11 is 1.64. The molecule has 2 aromatic heterocycles. The Bertz CT molecular complexity index is 1270. The van der Waals surface area contributed by atoms with Crippen LogP contribution in [0.15, 0.2) is 66.0 Å². The maximum Gasteiger partial charge on any atom is 0.254 e. The first-order valence-electron chi connectivity index (χ1n) is 11.2. The van der Waals surface area contributed by atoms with E-state index in [0.717, 1.165) is 52.0 Å². The Labute approximate surface area is 196 Å². The summed E-state index contributed by atoms with van der Waals surface area (Å²) in [5.41, 5.74) is 4.45. The second-order valence-electron chi connectivity index (χ2n) is 8.50. The van der Waals surface area contributed by atoms with E-state index in [-0.39, 0.29) is 17.8 Å². The van der Waals surface area contributed by atoms with Crippen LogP contribution in [0.1, 0.15) is 34.3 Å². The minimum atomic E-state index is -0.355. The average molecular weight is 461 g/mol. The maximum atomic E-state index is 13.5. The minimum absolute atomic E-state index is 0.00986. The lowest BCUT2D eigenvalue weighted by Crippen LogP contribution is -2.37. The topological polar surface area (TPSA) is 42.4 Å². The number of carbonyl (C=O) groups excluding carboxylic acids is 1. The number of pyridine rings is 1. The Morgan fingerprint density at radius 2 is 2.03 bits per heavy atom. The van der Waals surface area contributed by atoms with Crippen LogP contribution in [-0.4, -0.2) is 35.0 Å². The van der Waals surface area contributed by atoms with Crippen LogP contribution in [0.25, 0.3) is 21.5 Å². The maximum absolute atomic E-state index is 13.5. The minimum Gasteiger partial charge on any atom is -0.376 e. The van der Waals surface area contributed by atoms with Crippen LogP contribution in [0.2, 0.25) is 0 Å². The summed E-state index contributed by atoms with van der Waals surface area (Å²) in [6, 6.07) is 18.2. The molecule has 1 unspecified atom stereocenters. The summed E-state index contributed by atoms with van der Waals surface area (Å²) in [6.45, 7) is 3.68. The molecule has 1 fully saturated rings. The second-order valence-corrected chi connectivity index (χ2v) is 9.44. The third-order valence-corrected chi connectivity index (χ3v) is 6.87. The molecule has 1 saturated heterocycles. The van der Waals surface area contributed by atoms with Crippen molar-refractivity contribution in [3.8, 4) is 10.6 Å². The zero-order valence-corrected chi connectivity index (χ0v) is 19.3. The lowest BCUT2D eigenvalue weighted by Gasteiger charge is -2.26. The first kappa shape index (κ1) is 21.7. The number of aryl methyl sites for hydroxylation is 1. The number of rotatable bonds is 6. The quantitative estimate of drug-likeness (QED) is 0.342. The Hall–Kier alpha value is -3.09.